The Morgan fingerprint density at radius 1 is 1.25 bits per heavy atom. The van der Waals surface area contributed by atoms with Gasteiger partial charge in [0.25, 0.3) is 11.5 Å². The van der Waals surface area contributed by atoms with E-state index >= 15 is 0 Å². The van der Waals surface area contributed by atoms with Crippen LogP contribution in [0.2, 0.25) is 0 Å². The molecule has 0 saturated carbocycles. The first kappa shape index (κ1) is 21.5. The monoisotopic (exact) mass is 430 g/mol. The molecule has 1 aliphatic heterocycles. The van der Waals surface area contributed by atoms with Crippen molar-refractivity contribution in [3.63, 3.8) is 0 Å². The average Bonchev–Trinajstić information content (AvgIpc) is 3.21. The number of likely N-dealkylation sites (N-methyl/N-ethyl adjacent to an activating group) is 2. The molecular formula is C24H26N6O2. The molecule has 1 atom stereocenters. The van der Waals surface area contributed by atoms with Gasteiger partial charge in [-0.05, 0) is 56.3 Å². The zero-order valence-corrected chi connectivity index (χ0v) is 18.3. The average molecular weight is 431 g/mol. The predicted molar refractivity (Wildman–Crippen MR) is 122 cm³/mol. The number of hydrogen-bond acceptors (Lipinski definition) is 5. The number of aromatic nitrogens is 3. The van der Waals surface area contributed by atoms with Crippen molar-refractivity contribution in [1.29, 1.82) is 5.26 Å². The van der Waals surface area contributed by atoms with Crippen molar-refractivity contribution in [2.45, 2.75) is 25.3 Å². The van der Waals surface area contributed by atoms with E-state index in [1.807, 2.05) is 7.05 Å². The summed E-state index contributed by atoms with van der Waals surface area (Å²) < 4.78 is 1.34. The molecule has 1 aromatic carbocycles. The Morgan fingerprint density at radius 2 is 2.03 bits per heavy atom. The maximum atomic E-state index is 12.9. The van der Waals surface area contributed by atoms with Crippen molar-refractivity contribution in [2.75, 3.05) is 27.2 Å². The number of amides is 1. The number of carbonyl (C=O) groups excluding carboxylic acids is 1. The Bertz CT molecular complexity index is 1190. The summed E-state index contributed by atoms with van der Waals surface area (Å²) >= 11 is 0. The molecule has 8 nitrogen and oxygen atoms in total. The second-order valence-corrected chi connectivity index (χ2v) is 8.24. The molecule has 1 fully saturated rings. The van der Waals surface area contributed by atoms with Gasteiger partial charge in [-0.15, -0.1) is 0 Å². The molecule has 1 aliphatic rings. The Labute approximate surface area is 186 Å². The molecule has 0 radical (unpaired) electrons. The molecule has 1 N–H and O–H groups in total. The lowest BCUT2D eigenvalue weighted by Gasteiger charge is -2.35. The van der Waals surface area contributed by atoms with Gasteiger partial charge in [-0.25, -0.2) is 9.67 Å². The molecule has 3 heterocycles. The lowest BCUT2D eigenvalue weighted by molar-refractivity contribution is 0.0716. The van der Waals surface area contributed by atoms with Crippen molar-refractivity contribution >= 4 is 5.91 Å². The minimum absolute atomic E-state index is 0.0832. The summed E-state index contributed by atoms with van der Waals surface area (Å²) in [5, 5.41) is 11.9. The summed E-state index contributed by atoms with van der Waals surface area (Å²) in [7, 11) is 3.93. The number of nitrogens with zero attached hydrogens (tertiary/aromatic N) is 5. The van der Waals surface area contributed by atoms with Gasteiger partial charge in [0.15, 0.2) is 5.82 Å². The van der Waals surface area contributed by atoms with Gasteiger partial charge in [-0.2, -0.15) is 5.26 Å². The van der Waals surface area contributed by atoms with Crippen LogP contribution in [0, 0.1) is 11.3 Å². The fraction of sp³-hybridized carbons (Fsp3) is 0.333. The van der Waals surface area contributed by atoms with Gasteiger partial charge in [-0.1, -0.05) is 18.6 Å². The van der Waals surface area contributed by atoms with E-state index in [1.54, 1.807) is 47.5 Å². The standard InChI is InChI=1S/C24H26N6O2/c1-28-12-4-3-5-20(28)16-29(2)23(31)19-10-11-22(26-14-19)30-24(32)21(15-27-30)18-8-6-17(13-25)7-9-18/h6-11,14-15,20,27H,3-5,12,16H2,1-2H3. The topological polar surface area (TPSA) is 98.0 Å². The Balaban J connectivity index is 1.49. The molecule has 2 aromatic heterocycles. The van der Waals surface area contributed by atoms with Crippen LogP contribution in [0.3, 0.4) is 0 Å². The first-order chi connectivity index (χ1) is 15.5. The van der Waals surface area contributed by atoms with E-state index in [-0.39, 0.29) is 11.5 Å². The first-order valence-electron chi connectivity index (χ1n) is 10.7. The summed E-state index contributed by atoms with van der Waals surface area (Å²) in [5.41, 5.74) is 1.96. The number of H-pyrrole nitrogens is 1. The maximum absolute atomic E-state index is 12.9. The van der Waals surface area contributed by atoms with Crippen LogP contribution >= 0.6 is 0 Å². The number of pyridine rings is 1. The van der Waals surface area contributed by atoms with Gasteiger partial charge in [0.2, 0.25) is 0 Å². The van der Waals surface area contributed by atoms with Crippen LogP contribution in [0.5, 0.6) is 0 Å². The van der Waals surface area contributed by atoms with Crippen LogP contribution in [0.1, 0.15) is 35.2 Å². The fourth-order valence-corrected chi connectivity index (χ4v) is 4.11. The van der Waals surface area contributed by atoms with Crippen molar-refractivity contribution in [1.82, 2.24) is 24.6 Å². The number of rotatable bonds is 5. The molecule has 3 aromatic rings. The third-order valence-electron chi connectivity index (χ3n) is 6.07. The van der Waals surface area contributed by atoms with Crippen LogP contribution in [0.25, 0.3) is 16.9 Å². The van der Waals surface area contributed by atoms with E-state index in [2.05, 4.69) is 28.1 Å². The Kier molecular flexibility index (Phi) is 6.19. The fourth-order valence-electron chi connectivity index (χ4n) is 4.11. The number of carbonyl (C=O) groups is 1. The summed E-state index contributed by atoms with van der Waals surface area (Å²) in [5.74, 6) is 0.321. The normalized spacial score (nSPS) is 16.5. The second kappa shape index (κ2) is 9.20. The number of nitriles is 1. The van der Waals surface area contributed by atoms with Crippen molar-refractivity contribution in [3.05, 3.63) is 70.3 Å². The highest BCUT2D eigenvalue weighted by Gasteiger charge is 2.23. The quantitative estimate of drug-likeness (QED) is 0.671. The first-order valence-corrected chi connectivity index (χ1v) is 10.7. The number of benzene rings is 1. The summed E-state index contributed by atoms with van der Waals surface area (Å²) in [6.45, 7) is 1.75. The van der Waals surface area contributed by atoms with Crippen molar-refractivity contribution in [2.24, 2.45) is 0 Å². The molecule has 0 spiro atoms. The van der Waals surface area contributed by atoms with Crippen LogP contribution in [-0.2, 0) is 0 Å². The minimum atomic E-state index is -0.251. The Morgan fingerprint density at radius 3 is 2.69 bits per heavy atom. The van der Waals surface area contributed by atoms with Crippen molar-refractivity contribution < 1.29 is 4.79 Å². The maximum Gasteiger partial charge on any atom is 0.280 e. The number of hydrogen-bond donors (Lipinski definition) is 1. The lowest BCUT2D eigenvalue weighted by Crippen LogP contribution is -2.45. The van der Waals surface area contributed by atoms with Gasteiger partial charge >= 0.3 is 0 Å². The molecule has 0 bridgehead atoms. The highest BCUT2D eigenvalue weighted by molar-refractivity contribution is 5.93. The third-order valence-corrected chi connectivity index (χ3v) is 6.07. The zero-order valence-electron chi connectivity index (χ0n) is 18.3. The molecule has 32 heavy (non-hydrogen) atoms. The molecular weight excluding hydrogens is 404 g/mol. The number of likely N-dealkylation sites (tertiary alicyclic amines) is 1. The Hall–Kier alpha value is -3.70. The largest absolute Gasteiger partial charge is 0.340 e. The van der Waals surface area contributed by atoms with Gasteiger partial charge in [-0.3, -0.25) is 14.7 Å². The summed E-state index contributed by atoms with van der Waals surface area (Å²) in [6.07, 6.45) is 6.62. The molecule has 1 unspecified atom stereocenters. The van der Waals surface area contributed by atoms with E-state index in [0.29, 0.717) is 40.7 Å². The van der Waals surface area contributed by atoms with E-state index < -0.39 is 0 Å². The molecule has 8 heteroatoms. The van der Waals surface area contributed by atoms with Crippen LogP contribution < -0.4 is 5.56 Å². The van der Waals surface area contributed by atoms with Gasteiger partial charge < -0.3 is 9.80 Å². The highest BCUT2D eigenvalue weighted by atomic mass is 16.2. The van der Waals surface area contributed by atoms with E-state index in [9.17, 15) is 9.59 Å². The van der Waals surface area contributed by atoms with Crippen molar-refractivity contribution in [3.8, 4) is 23.0 Å². The van der Waals surface area contributed by atoms with E-state index in [4.69, 9.17) is 5.26 Å². The number of nitrogens with one attached hydrogen (secondary N) is 1. The van der Waals surface area contributed by atoms with Crippen LogP contribution in [-0.4, -0.2) is 63.7 Å². The number of aromatic amines is 1. The zero-order chi connectivity index (χ0) is 22.7. The molecule has 0 aliphatic carbocycles. The SMILES string of the molecule is CN(CC1CCCCN1C)C(=O)c1ccc(-n2[nH]cc(-c3ccc(C#N)cc3)c2=O)nc1. The molecule has 164 valence electrons. The number of piperidine rings is 1. The van der Waals surface area contributed by atoms with Gasteiger partial charge in [0, 0.05) is 32.0 Å². The predicted octanol–water partition coefficient (Wildman–Crippen LogP) is 2.66. The van der Waals surface area contributed by atoms with Gasteiger partial charge in [0.1, 0.15) is 0 Å². The van der Waals surface area contributed by atoms with Crippen LogP contribution in [0.15, 0.2) is 53.6 Å². The summed E-state index contributed by atoms with van der Waals surface area (Å²) in [6, 6.07) is 12.6. The lowest BCUT2D eigenvalue weighted by atomic mass is 10.0. The second-order valence-electron chi connectivity index (χ2n) is 8.24. The van der Waals surface area contributed by atoms with E-state index in [0.717, 1.165) is 13.0 Å². The smallest absolute Gasteiger partial charge is 0.280 e. The third kappa shape index (κ3) is 4.34. The molecule has 4 rings (SSSR count). The van der Waals surface area contributed by atoms with Crippen LogP contribution in [0.4, 0.5) is 0 Å². The minimum Gasteiger partial charge on any atom is -0.340 e. The summed E-state index contributed by atoms with van der Waals surface area (Å²) in [4.78, 5) is 34.1. The van der Waals surface area contributed by atoms with Gasteiger partial charge in [0.05, 0.1) is 22.8 Å². The molecule has 1 amide bonds. The highest BCUT2D eigenvalue weighted by Crippen LogP contribution is 2.18. The van der Waals surface area contributed by atoms with E-state index in [1.165, 1.54) is 23.7 Å². The molecule has 1 saturated heterocycles.